The van der Waals surface area contributed by atoms with Gasteiger partial charge in [-0.2, -0.15) is 0 Å². The first-order valence-electron chi connectivity index (χ1n) is 12.4. The summed E-state index contributed by atoms with van der Waals surface area (Å²) in [4.78, 5) is 52.7. The average Bonchev–Trinajstić information content (AvgIpc) is 3.28. The number of carbonyl (C=O) groups is 4. The monoisotopic (exact) mass is 491 g/mol. The molecule has 2 saturated heterocycles. The van der Waals surface area contributed by atoms with E-state index >= 15 is 0 Å². The second kappa shape index (κ2) is 8.86. The van der Waals surface area contributed by atoms with Crippen LogP contribution in [-0.4, -0.2) is 63.2 Å². The number of nitrogens with zero attached hydrogens (tertiary/aromatic N) is 1. The van der Waals surface area contributed by atoms with Gasteiger partial charge in [0.2, 0.25) is 11.8 Å². The highest BCUT2D eigenvalue weighted by Crippen LogP contribution is 2.51. The number of thioether (sulfide) groups is 1. The number of nitrogens with two attached hydrogens (primary N) is 1. The van der Waals surface area contributed by atoms with E-state index in [-0.39, 0.29) is 23.1 Å². The Hall–Kier alpha value is -2.07. The maximum absolute atomic E-state index is 13.2. The second-order valence-corrected chi connectivity index (χ2v) is 12.3. The van der Waals surface area contributed by atoms with Gasteiger partial charge in [0.1, 0.15) is 17.5 Å². The molecule has 9 nitrogen and oxygen atoms in total. The second-order valence-electron chi connectivity index (χ2n) is 10.6. The summed E-state index contributed by atoms with van der Waals surface area (Å²) < 4.78 is 10.4. The van der Waals surface area contributed by atoms with E-state index in [1.807, 2.05) is 13.8 Å². The molecule has 2 aliphatic carbocycles. The molecule has 0 spiro atoms. The number of carbonyl (C=O) groups excluding carboxylic acids is 4. The summed E-state index contributed by atoms with van der Waals surface area (Å²) in [6.45, 7) is 3.77. The summed E-state index contributed by atoms with van der Waals surface area (Å²) in [6.07, 6.45) is 7.34. The lowest BCUT2D eigenvalue weighted by molar-refractivity contribution is -0.183. The zero-order valence-corrected chi connectivity index (χ0v) is 20.5. The summed E-state index contributed by atoms with van der Waals surface area (Å²) in [6, 6.07) is -2.17. The summed E-state index contributed by atoms with van der Waals surface area (Å²) in [7, 11) is 0. The maximum atomic E-state index is 13.2. The molecule has 0 radical (unpaired) electrons. The van der Waals surface area contributed by atoms with Crippen LogP contribution in [0.3, 0.4) is 0 Å². The molecule has 186 valence electrons. The fourth-order valence-corrected chi connectivity index (χ4v) is 7.63. The molecule has 3 fully saturated rings. The van der Waals surface area contributed by atoms with Gasteiger partial charge in [0.25, 0.3) is 6.29 Å². The van der Waals surface area contributed by atoms with Crippen molar-refractivity contribution >= 4 is 35.5 Å². The Bertz CT molecular complexity index is 943. The third kappa shape index (κ3) is 3.92. The standard InChI is InChI=1S/C24H33N3O6S/c1-24(2)17(22(31)33-23-14-11-7-6-10-13(14)21(30)32-23)27-19(29)16(20(27)34-24)26-18(28)15(25)12-8-4-3-5-9-12/h12,15-17,20,23H,3-11,25H2,1-2H3,(H,26,28)/t15-,16-,17+,20-,23?/m1/s1. The van der Waals surface area contributed by atoms with Crippen molar-refractivity contribution in [2.45, 2.75) is 106 Å². The molecule has 0 bridgehead atoms. The number of fused-ring (bicyclic) bond motifs is 1. The fourth-order valence-electron chi connectivity index (χ4n) is 6.01. The van der Waals surface area contributed by atoms with E-state index in [1.165, 1.54) is 23.1 Å². The molecule has 2 amide bonds. The Balaban J connectivity index is 1.24. The van der Waals surface area contributed by atoms with Gasteiger partial charge in [-0.05, 0) is 58.3 Å². The molecule has 5 rings (SSSR count). The molecular formula is C24H33N3O6S. The van der Waals surface area contributed by atoms with Crippen LogP contribution < -0.4 is 11.1 Å². The first kappa shape index (κ1) is 23.7. The average molecular weight is 492 g/mol. The van der Waals surface area contributed by atoms with E-state index in [9.17, 15) is 19.2 Å². The van der Waals surface area contributed by atoms with Gasteiger partial charge in [-0.25, -0.2) is 9.59 Å². The third-order valence-electron chi connectivity index (χ3n) is 7.90. The first-order chi connectivity index (χ1) is 16.2. The Morgan fingerprint density at radius 3 is 2.59 bits per heavy atom. The minimum atomic E-state index is -1.00. The highest BCUT2D eigenvalue weighted by atomic mass is 32.2. The minimum Gasteiger partial charge on any atom is -0.419 e. The van der Waals surface area contributed by atoms with Gasteiger partial charge in [-0.3, -0.25) is 9.59 Å². The van der Waals surface area contributed by atoms with Crippen molar-refractivity contribution in [3.05, 3.63) is 11.1 Å². The van der Waals surface area contributed by atoms with Gasteiger partial charge in [-0.15, -0.1) is 11.8 Å². The zero-order chi connectivity index (χ0) is 24.2. The molecule has 3 aliphatic heterocycles. The van der Waals surface area contributed by atoms with E-state index in [4.69, 9.17) is 15.2 Å². The fraction of sp³-hybridized carbons (Fsp3) is 0.750. The van der Waals surface area contributed by atoms with Crippen LogP contribution in [0.1, 0.15) is 71.6 Å². The topological polar surface area (TPSA) is 128 Å². The Labute approximate surface area is 203 Å². The summed E-state index contributed by atoms with van der Waals surface area (Å²) in [5.74, 6) is -1.47. The lowest BCUT2D eigenvalue weighted by Crippen LogP contribution is -2.71. The number of esters is 2. The number of ether oxygens (including phenoxy) is 2. The van der Waals surface area contributed by atoms with Crippen LogP contribution in [0.4, 0.5) is 0 Å². The third-order valence-corrected chi connectivity index (χ3v) is 9.47. The Morgan fingerprint density at radius 2 is 1.85 bits per heavy atom. The zero-order valence-electron chi connectivity index (χ0n) is 19.7. The maximum Gasteiger partial charge on any atom is 0.337 e. The summed E-state index contributed by atoms with van der Waals surface area (Å²) >= 11 is 1.47. The molecule has 3 heterocycles. The van der Waals surface area contributed by atoms with E-state index in [0.717, 1.165) is 44.1 Å². The van der Waals surface area contributed by atoms with Crippen molar-refractivity contribution in [2.24, 2.45) is 11.7 Å². The van der Waals surface area contributed by atoms with E-state index in [0.29, 0.717) is 18.4 Å². The van der Waals surface area contributed by atoms with Crippen molar-refractivity contribution < 1.29 is 28.7 Å². The van der Waals surface area contributed by atoms with Gasteiger partial charge in [0.15, 0.2) is 0 Å². The van der Waals surface area contributed by atoms with E-state index in [2.05, 4.69) is 5.32 Å². The number of cyclic esters (lactones) is 1. The molecule has 0 aromatic carbocycles. The van der Waals surface area contributed by atoms with Gasteiger partial charge in [-0.1, -0.05) is 19.3 Å². The number of β-lactam (4-membered cyclic amide) rings is 1. The SMILES string of the molecule is CC1(C)S[C@@H]2[C@H](NC(=O)[C@H](N)C3CCCCC3)C(=O)N2[C@H]1C(=O)OC1OC(=O)C2=C1CCCC2. The molecule has 3 N–H and O–H groups in total. The largest absolute Gasteiger partial charge is 0.419 e. The molecule has 0 aromatic rings. The lowest BCUT2D eigenvalue weighted by Gasteiger charge is -2.44. The minimum absolute atomic E-state index is 0.142. The van der Waals surface area contributed by atoms with Crippen LogP contribution >= 0.6 is 11.8 Å². The van der Waals surface area contributed by atoms with Crippen LogP contribution in [0.2, 0.25) is 0 Å². The summed E-state index contributed by atoms with van der Waals surface area (Å²) in [5, 5.41) is 2.48. The van der Waals surface area contributed by atoms with Crippen LogP contribution in [0, 0.1) is 5.92 Å². The van der Waals surface area contributed by atoms with Crippen molar-refractivity contribution in [1.82, 2.24) is 10.2 Å². The van der Waals surface area contributed by atoms with Gasteiger partial charge >= 0.3 is 11.9 Å². The van der Waals surface area contributed by atoms with Crippen LogP contribution in [-0.2, 0) is 28.7 Å². The van der Waals surface area contributed by atoms with E-state index < -0.39 is 41.1 Å². The number of hydrogen-bond donors (Lipinski definition) is 2. The normalized spacial score (nSPS) is 33.6. The molecule has 1 saturated carbocycles. The smallest absolute Gasteiger partial charge is 0.337 e. The molecule has 34 heavy (non-hydrogen) atoms. The first-order valence-corrected chi connectivity index (χ1v) is 13.3. The molecule has 5 aliphatic rings. The Kier molecular flexibility index (Phi) is 6.16. The molecular weight excluding hydrogens is 458 g/mol. The van der Waals surface area contributed by atoms with Crippen molar-refractivity contribution in [2.75, 3.05) is 0 Å². The Morgan fingerprint density at radius 1 is 1.15 bits per heavy atom. The predicted octanol–water partition coefficient (Wildman–Crippen LogP) is 1.74. The van der Waals surface area contributed by atoms with E-state index in [1.54, 1.807) is 0 Å². The highest BCUT2D eigenvalue weighted by molar-refractivity contribution is 8.01. The number of rotatable bonds is 5. The van der Waals surface area contributed by atoms with Crippen molar-refractivity contribution in [1.29, 1.82) is 0 Å². The van der Waals surface area contributed by atoms with Crippen molar-refractivity contribution in [3.63, 3.8) is 0 Å². The molecule has 10 heteroatoms. The van der Waals surface area contributed by atoms with Crippen molar-refractivity contribution in [3.8, 4) is 0 Å². The van der Waals surface area contributed by atoms with Gasteiger partial charge in [0.05, 0.1) is 6.04 Å². The van der Waals surface area contributed by atoms with Gasteiger partial charge in [0, 0.05) is 15.9 Å². The summed E-state index contributed by atoms with van der Waals surface area (Å²) in [5.41, 5.74) is 7.60. The number of amides is 2. The number of nitrogens with one attached hydrogen (secondary N) is 1. The van der Waals surface area contributed by atoms with Crippen LogP contribution in [0.25, 0.3) is 0 Å². The van der Waals surface area contributed by atoms with Crippen LogP contribution in [0.15, 0.2) is 11.1 Å². The molecule has 1 unspecified atom stereocenters. The van der Waals surface area contributed by atoms with Crippen LogP contribution in [0.5, 0.6) is 0 Å². The molecule has 0 aromatic heterocycles. The quantitative estimate of drug-likeness (QED) is 0.440. The number of hydrogen-bond acceptors (Lipinski definition) is 8. The molecule has 5 atom stereocenters. The predicted molar refractivity (Wildman–Crippen MR) is 124 cm³/mol. The van der Waals surface area contributed by atoms with Gasteiger partial charge < -0.3 is 25.4 Å². The lowest BCUT2D eigenvalue weighted by atomic mass is 9.83. The highest BCUT2D eigenvalue weighted by Gasteiger charge is 2.65.